The number of fused-ring (bicyclic) bond motifs is 2. The van der Waals surface area contributed by atoms with Gasteiger partial charge in [0.25, 0.3) is 0 Å². The van der Waals surface area contributed by atoms with Crippen LogP contribution < -0.4 is 0 Å². The molecule has 0 saturated heterocycles. The van der Waals surface area contributed by atoms with Crippen LogP contribution in [-0.4, -0.2) is 34.6 Å². The fourth-order valence-electron chi connectivity index (χ4n) is 3.42. The largest absolute Gasteiger partial charge is 0.333 e. The van der Waals surface area contributed by atoms with Crippen molar-refractivity contribution in [1.29, 1.82) is 0 Å². The lowest BCUT2D eigenvalue weighted by Crippen LogP contribution is -2.19. The number of pyridine rings is 1. The third kappa shape index (κ3) is 2.86. The molecule has 30 heavy (non-hydrogen) atoms. The van der Waals surface area contributed by atoms with Crippen LogP contribution in [0.1, 0.15) is 36.8 Å². The van der Waals surface area contributed by atoms with E-state index in [-0.39, 0.29) is 11.5 Å². The predicted octanol–water partition coefficient (Wildman–Crippen LogP) is 4.40. The van der Waals surface area contributed by atoms with E-state index >= 15 is 8.78 Å². The molecule has 5 rings (SSSR count). The van der Waals surface area contributed by atoms with Crippen molar-refractivity contribution in [3.63, 3.8) is 0 Å². The number of hydrogen-bond acceptors (Lipinski definition) is 6. The molecule has 0 unspecified atom stereocenters. The molecule has 0 aliphatic carbocycles. The lowest BCUT2D eigenvalue weighted by Gasteiger charge is -2.14. The van der Waals surface area contributed by atoms with Crippen molar-refractivity contribution >= 4 is 27.2 Å². The molecule has 0 aliphatic rings. The molecular formula is C20H17F2N7S. The van der Waals surface area contributed by atoms with Crippen LogP contribution in [0.2, 0.25) is 0 Å². The van der Waals surface area contributed by atoms with E-state index in [2.05, 4.69) is 25.4 Å². The zero-order valence-electron chi connectivity index (χ0n) is 16.4. The Labute approximate surface area is 174 Å². The minimum atomic E-state index is -3.37. The van der Waals surface area contributed by atoms with Gasteiger partial charge in [-0.1, -0.05) is 37.3 Å². The van der Waals surface area contributed by atoms with Gasteiger partial charge in [0.2, 0.25) is 10.8 Å². The molecule has 4 aromatic heterocycles. The molecule has 0 fully saturated rings. The molecule has 0 N–H and O–H groups in total. The third-order valence-electron chi connectivity index (χ3n) is 4.87. The van der Waals surface area contributed by atoms with E-state index in [1.165, 1.54) is 23.5 Å². The molecular weight excluding hydrogens is 408 g/mol. The molecule has 0 atom stereocenters. The summed E-state index contributed by atoms with van der Waals surface area (Å²) in [6.45, 7) is 4.06. The lowest BCUT2D eigenvalue weighted by molar-refractivity contribution is 0.0308. The van der Waals surface area contributed by atoms with Gasteiger partial charge in [-0.3, -0.25) is 9.67 Å². The molecule has 7 nitrogen and oxygen atoms in total. The van der Waals surface area contributed by atoms with Gasteiger partial charge in [0.05, 0.1) is 16.8 Å². The minimum absolute atomic E-state index is 0.169. The molecule has 0 radical (unpaired) electrons. The summed E-state index contributed by atoms with van der Waals surface area (Å²) >= 11 is 1.21. The highest BCUT2D eigenvalue weighted by Gasteiger charge is 2.40. The van der Waals surface area contributed by atoms with Crippen LogP contribution in [0.15, 0.2) is 42.7 Å². The Bertz CT molecular complexity index is 1380. The number of halogens is 2. The van der Waals surface area contributed by atoms with Crippen LogP contribution in [-0.2, 0) is 13.0 Å². The number of rotatable bonds is 4. The molecule has 0 aliphatic heterocycles. The molecule has 0 spiro atoms. The summed E-state index contributed by atoms with van der Waals surface area (Å²) in [7, 11) is 1.82. The summed E-state index contributed by atoms with van der Waals surface area (Å²) < 4.78 is 33.6. The van der Waals surface area contributed by atoms with Crippen molar-refractivity contribution in [2.45, 2.75) is 25.7 Å². The molecule has 5 aromatic rings. The highest BCUT2D eigenvalue weighted by molar-refractivity contribution is 7.19. The first-order valence-corrected chi connectivity index (χ1v) is 10.2. The molecule has 1 aromatic carbocycles. The average Bonchev–Trinajstić information content (AvgIpc) is 3.40. The summed E-state index contributed by atoms with van der Waals surface area (Å²) in [4.78, 5) is 4.49. The molecule has 0 amide bonds. The second-order valence-electron chi connectivity index (χ2n) is 7.37. The summed E-state index contributed by atoms with van der Waals surface area (Å²) in [6, 6.07) is 7.83. The van der Waals surface area contributed by atoms with Gasteiger partial charge in [0.1, 0.15) is 0 Å². The van der Waals surface area contributed by atoms with Crippen molar-refractivity contribution in [3.8, 4) is 10.6 Å². The van der Waals surface area contributed by atoms with Crippen LogP contribution >= 0.6 is 11.3 Å². The van der Waals surface area contributed by atoms with Crippen molar-refractivity contribution in [2.75, 3.05) is 0 Å². The fourth-order valence-corrected chi connectivity index (χ4v) is 4.28. The van der Waals surface area contributed by atoms with Gasteiger partial charge in [-0.25, -0.2) is 0 Å². The number of alkyl halides is 2. The molecule has 4 heterocycles. The maximum atomic E-state index is 15.4. The Kier molecular flexibility index (Phi) is 4.14. The van der Waals surface area contributed by atoms with Crippen molar-refractivity contribution in [1.82, 2.24) is 34.6 Å². The second-order valence-corrected chi connectivity index (χ2v) is 8.32. The summed E-state index contributed by atoms with van der Waals surface area (Å²) in [6.07, 6.45) is 3.47. The Morgan fingerprint density at radius 2 is 1.93 bits per heavy atom. The van der Waals surface area contributed by atoms with Gasteiger partial charge >= 0.3 is 5.92 Å². The highest BCUT2D eigenvalue weighted by atomic mass is 32.1. The fraction of sp³-hybridized carbons (Fsp3) is 0.250. The molecule has 0 bridgehead atoms. The van der Waals surface area contributed by atoms with Crippen LogP contribution in [0, 0.1) is 0 Å². The van der Waals surface area contributed by atoms with Crippen LogP contribution in [0.4, 0.5) is 8.78 Å². The van der Waals surface area contributed by atoms with Gasteiger partial charge < -0.3 is 0 Å². The topological polar surface area (TPSA) is 73.8 Å². The standard InChI is InChI=1S/C20H17F2N7S/c1-11(2)16-14(10-28(3)26-16)17-27-29-18(24-25-19(29)30-17)20(21,22)13-6-7-15-12(9-13)5-4-8-23-15/h4-11H,1-3H3. The maximum Gasteiger partial charge on any atom is 0.333 e. The van der Waals surface area contributed by atoms with E-state index in [9.17, 15) is 0 Å². The second kappa shape index (κ2) is 6.63. The SMILES string of the molecule is CC(C)c1nn(C)cc1-c1nn2c(C(F)(F)c3ccc4ncccc4c3)nnc2s1. The minimum Gasteiger partial charge on any atom is -0.275 e. The zero-order chi connectivity index (χ0) is 21.0. The van der Waals surface area contributed by atoms with Crippen LogP contribution in [0.25, 0.3) is 26.4 Å². The summed E-state index contributed by atoms with van der Waals surface area (Å²) in [5.74, 6) is -3.72. The van der Waals surface area contributed by atoms with Gasteiger partial charge in [-0.15, -0.1) is 10.2 Å². The van der Waals surface area contributed by atoms with E-state index in [0.717, 1.165) is 15.8 Å². The lowest BCUT2D eigenvalue weighted by atomic mass is 10.0. The smallest absolute Gasteiger partial charge is 0.275 e. The number of nitrogens with zero attached hydrogens (tertiary/aromatic N) is 7. The molecule has 152 valence electrons. The van der Waals surface area contributed by atoms with E-state index in [1.54, 1.807) is 29.1 Å². The van der Waals surface area contributed by atoms with Crippen LogP contribution in [0.3, 0.4) is 0 Å². The van der Waals surface area contributed by atoms with E-state index in [4.69, 9.17) is 0 Å². The highest BCUT2D eigenvalue weighted by Crippen LogP contribution is 2.38. The summed E-state index contributed by atoms with van der Waals surface area (Å²) in [5, 5.41) is 17.8. The zero-order valence-corrected chi connectivity index (χ0v) is 17.2. The third-order valence-corrected chi connectivity index (χ3v) is 5.80. The summed E-state index contributed by atoms with van der Waals surface area (Å²) in [5.41, 5.74) is 2.14. The van der Waals surface area contributed by atoms with Gasteiger partial charge in [-0.2, -0.15) is 23.5 Å². The molecule has 10 heteroatoms. The Hall–Kier alpha value is -3.27. The number of aromatic nitrogens is 7. The number of aryl methyl sites for hydroxylation is 1. The first-order valence-electron chi connectivity index (χ1n) is 9.34. The Balaban J connectivity index is 1.62. The van der Waals surface area contributed by atoms with E-state index in [0.29, 0.717) is 20.9 Å². The van der Waals surface area contributed by atoms with Crippen molar-refractivity contribution in [3.05, 3.63) is 59.8 Å². The van der Waals surface area contributed by atoms with Gasteiger partial charge in [0, 0.05) is 30.4 Å². The van der Waals surface area contributed by atoms with Gasteiger partial charge in [0.15, 0.2) is 5.01 Å². The van der Waals surface area contributed by atoms with E-state index in [1.807, 2.05) is 27.1 Å². The monoisotopic (exact) mass is 425 g/mol. The first-order chi connectivity index (χ1) is 14.3. The first kappa shape index (κ1) is 18.7. The number of hydrogen-bond donors (Lipinski definition) is 0. The van der Waals surface area contributed by atoms with Crippen LogP contribution in [0.5, 0.6) is 0 Å². The average molecular weight is 425 g/mol. The van der Waals surface area contributed by atoms with Gasteiger partial charge in [-0.05, 0) is 24.1 Å². The Morgan fingerprint density at radius 3 is 2.73 bits per heavy atom. The van der Waals surface area contributed by atoms with Crippen molar-refractivity contribution in [2.24, 2.45) is 7.05 Å². The van der Waals surface area contributed by atoms with E-state index < -0.39 is 11.7 Å². The maximum absolute atomic E-state index is 15.4. The Morgan fingerprint density at radius 1 is 1.10 bits per heavy atom. The quantitative estimate of drug-likeness (QED) is 0.427. The normalized spacial score (nSPS) is 12.5. The molecule has 0 saturated carbocycles. The predicted molar refractivity (Wildman–Crippen MR) is 110 cm³/mol. The number of benzene rings is 1. The van der Waals surface area contributed by atoms with Crippen molar-refractivity contribution < 1.29 is 8.78 Å².